The summed E-state index contributed by atoms with van der Waals surface area (Å²) in [5.74, 6) is 9.64. The third-order valence-corrected chi connectivity index (χ3v) is 19.7. The van der Waals surface area contributed by atoms with Gasteiger partial charge in [0.1, 0.15) is 0 Å². The van der Waals surface area contributed by atoms with E-state index in [0.717, 1.165) is 111 Å². The molecular weight excluding hydrogens is 1080 g/mol. The van der Waals surface area contributed by atoms with Crippen molar-refractivity contribution in [2.24, 2.45) is 23.7 Å². The SMILES string of the molecule is CCN1CN(C)Cc2c1[c-]c1c(c2C)C2C3CC(C4c5[c-]c(C)c(C)c(C)c5C34)C12.CCN1CN(C)Cc2c1[c-]c1c(c2C)C2C3CC(C4c5[c-]c(C)c(C)c(C)c5C34)C12.[Y].[Y].[Y].[Y]. The Hall–Kier alpha value is 0.816. The molecule has 10 aliphatic rings. The molecule has 2 aliphatic heterocycles. The standard InChI is InChI=1S/2C28H32N2.4Y/c2*1-7-30-12-29(6)11-21-16(5)24-20(10-22(21)30)26-18-9-19(28(24)26)27-23-15(4)14(3)13(2)8-17(23)25(18)27;;;;/h2*18-19,25-28H,7,9,11-12H2,1-6H3;;;;/q2*-2;;;;. The molecule has 4 aromatic rings. The molecule has 12 atom stereocenters. The molecule has 2 heterocycles. The summed E-state index contributed by atoms with van der Waals surface area (Å²) in [4.78, 5) is 9.96. The minimum atomic E-state index is 0. The average Bonchev–Trinajstić information content (AvgIpc) is 3.88. The predicted octanol–water partition coefficient (Wildman–Crippen LogP) is 10.9. The fourth-order valence-electron chi connectivity index (χ4n) is 16.9. The van der Waals surface area contributed by atoms with Crippen LogP contribution < -0.4 is 9.80 Å². The van der Waals surface area contributed by atoms with Gasteiger partial charge in [-0.15, -0.1) is 33.4 Å². The first-order valence-electron chi connectivity index (χ1n) is 23.9. The second-order valence-corrected chi connectivity index (χ2v) is 21.8. The first-order chi connectivity index (χ1) is 28.8. The van der Waals surface area contributed by atoms with E-state index in [1.165, 1.54) is 46.5 Å². The number of fused-ring (bicyclic) bond motifs is 30. The summed E-state index contributed by atoms with van der Waals surface area (Å²) in [6.07, 6.45) is 2.85. The van der Waals surface area contributed by atoms with Crippen molar-refractivity contribution in [1.29, 1.82) is 0 Å². The summed E-state index contributed by atoms with van der Waals surface area (Å²) in [6.45, 7) is 29.6. The zero-order chi connectivity index (χ0) is 41.3. The number of hydrogen-bond acceptors (Lipinski definition) is 4. The Morgan fingerprint density at radius 2 is 0.703 bits per heavy atom. The molecule has 4 bridgehead atoms. The molecule has 64 heavy (non-hydrogen) atoms. The molecule has 4 saturated carbocycles. The third-order valence-electron chi connectivity index (χ3n) is 19.7. The average molecular weight is 1150 g/mol. The number of hydrogen-bond donors (Lipinski definition) is 0. The normalized spacial score (nSPS) is 32.4. The topological polar surface area (TPSA) is 13.0 Å². The first kappa shape index (κ1) is 49.8. The Labute approximate surface area is 486 Å². The number of aryl methyl sites for hydroxylation is 2. The van der Waals surface area contributed by atoms with Gasteiger partial charge in [0.25, 0.3) is 0 Å². The molecule has 14 rings (SSSR count). The predicted molar refractivity (Wildman–Crippen MR) is 243 cm³/mol. The van der Waals surface area contributed by atoms with Gasteiger partial charge in [0.2, 0.25) is 0 Å². The minimum absolute atomic E-state index is 0. The van der Waals surface area contributed by atoms with E-state index in [1.807, 2.05) is 0 Å². The van der Waals surface area contributed by atoms with Gasteiger partial charge in [-0.25, -0.2) is 0 Å². The fraction of sp³-hybridized carbons (Fsp3) is 0.571. The van der Waals surface area contributed by atoms with Crippen LogP contribution in [-0.4, -0.2) is 50.3 Å². The van der Waals surface area contributed by atoms with Crippen LogP contribution in [0.15, 0.2) is 0 Å². The van der Waals surface area contributed by atoms with E-state index >= 15 is 0 Å². The molecule has 4 radical (unpaired) electrons. The van der Waals surface area contributed by atoms with Crippen LogP contribution in [0.2, 0.25) is 0 Å². The number of nitrogens with zero attached hydrogens (tertiary/aromatic N) is 4. The van der Waals surface area contributed by atoms with Crippen LogP contribution in [0.25, 0.3) is 0 Å². The van der Waals surface area contributed by atoms with E-state index in [1.54, 1.807) is 77.9 Å². The molecule has 0 amide bonds. The van der Waals surface area contributed by atoms with E-state index < -0.39 is 0 Å². The van der Waals surface area contributed by atoms with Gasteiger partial charge in [-0.3, -0.25) is 9.80 Å². The molecule has 0 spiro atoms. The minimum Gasteiger partial charge on any atom is -0.381 e. The van der Waals surface area contributed by atoms with Gasteiger partial charge in [0, 0.05) is 144 Å². The summed E-state index contributed by atoms with van der Waals surface area (Å²) in [5, 5.41) is 0. The van der Waals surface area contributed by atoms with Gasteiger partial charge in [-0.1, -0.05) is 90.4 Å². The number of benzene rings is 4. The number of anilines is 2. The Morgan fingerprint density at radius 1 is 0.406 bits per heavy atom. The monoisotopic (exact) mass is 1150 g/mol. The van der Waals surface area contributed by atoms with Crippen LogP contribution in [0.4, 0.5) is 11.4 Å². The van der Waals surface area contributed by atoms with Crippen molar-refractivity contribution < 1.29 is 131 Å². The molecule has 0 aromatic heterocycles. The van der Waals surface area contributed by atoms with E-state index in [-0.39, 0.29) is 131 Å². The van der Waals surface area contributed by atoms with Crippen molar-refractivity contribution in [3.8, 4) is 0 Å². The molecule has 4 nitrogen and oxygen atoms in total. The molecule has 4 aromatic carbocycles. The Morgan fingerprint density at radius 3 is 1.03 bits per heavy atom. The summed E-state index contributed by atoms with van der Waals surface area (Å²) in [7, 11) is 4.51. The molecular formula is C56H64N4Y4-4. The Bertz CT molecular complexity index is 2460. The largest absolute Gasteiger partial charge is 0.381 e. The maximum atomic E-state index is 4.01. The Kier molecular flexibility index (Phi) is 13.4. The third kappa shape index (κ3) is 6.20. The van der Waals surface area contributed by atoms with Crippen molar-refractivity contribution in [3.63, 3.8) is 0 Å². The first-order valence-corrected chi connectivity index (χ1v) is 23.9. The second-order valence-electron chi connectivity index (χ2n) is 21.8. The van der Waals surface area contributed by atoms with Crippen molar-refractivity contribution in [2.45, 2.75) is 143 Å². The van der Waals surface area contributed by atoms with Crippen LogP contribution in [0.3, 0.4) is 0 Å². The van der Waals surface area contributed by atoms with Crippen molar-refractivity contribution in [1.82, 2.24) is 9.80 Å². The second kappa shape index (κ2) is 17.3. The van der Waals surface area contributed by atoms with Crippen molar-refractivity contribution >= 4 is 11.4 Å². The van der Waals surface area contributed by atoms with Crippen LogP contribution in [0, 0.1) is 103 Å². The molecule has 12 unspecified atom stereocenters. The van der Waals surface area contributed by atoms with Crippen molar-refractivity contribution in [3.05, 3.63) is 124 Å². The molecule has 0 N–H and O–H groups in total. The van der Waals surface area contributed by atoms with E-state index in [9.17, 15) is 0 Å². The molecule has 8 aliphatic carbocycles. The van der Waals surface area contributed by atoms with E-state index in [4.69, 9.17) is 0 Å². The fourth-order valence-corrected chi connectivity index (χ4v) is 16.9. The van der Waals surface area contributed by atoms with Gasteiger partial charge in [0.15, 0.2) is 0 Å². The van der Waals surface area contributed by atoms with Crippen LogP contribution >= 0.6 is 0 Å². The summed E-state index contributed by atoms with van der Waals surface area (Å²) < 4.78 is 0. The summed E-state index contributed by atoms with van der Waals surface area (Å²) >= 11 is 0. The van der Waals surface area contributed by atoms with Crippen LogP contribution in [0.1, 0.15) is 174 Å². The molecule has 0 saturated heterocycles. The van der Waals surface area contributed by atoms with Crippen molar-refractivity contribution in [2.75, 3.05) is 50.3 Å². The van der Waals surface area contributed by atoms with Crippen LogP contribution in [-0.2, 0) is 144 Å². The number of rotatable bonds is 2. The Balaban J connectivity index is 0.000000152. The van der Waals surface area contributed by atoms with Gasteiger partial charge in [-0.2, -0.15) is 91.0 Å². The van der Waals surface area contributed by atoms with E-state index in [0.29, 0.717) is 0 Å². The van der Waals surface area contributed by atoms with Crippen LogP contribution in [0.5, 0.6) is 0 Å². The van der Waals surface area contributed by atoms with E-state index in [2.05, 4.69) is 127 Å². The van der Waals surface area contributed by atoms with Gasteiger partial charge >= 0.3 is 0 Å². The van der Waals surface area contributed by atoms with Gasteiger partial charge in [-0.05, 0) is 101 Å². The van der Waals surface area contributed by atoms with Gasteiger partial charge < -0.3 is 9.80 Å². The zero-order valence-electron chi connectivity index (χ0n) is 40.7. The van der Waals surface area contributed by atoms with Gasteiger partial charge in [0.05, 0.1) is 13.3 Å². The maximum Gasteiger partial charge on any atom is 0.0676 e. The summed E-state index contributed by atoms with van der Waals surface area (Å²) in [5.41, 5.74) is 31.1. The smallest absolute Gasteiger partial charge is 0.0676 e. The maximum absolute atomic E-state index is 4.01. The quantitative estimate of drug-likeness (QED) is 0.146. The molecule has 8 heteroatoms. The zero-order valence-corrected chi connectivity index (χ0v) is 52.0. The molecule has 4 fully saturated rings. The molecule has 324 valence electrons. The summed E-state index contributed by atoms with van der Waals surface area (Å²) in [6, 6.07) is 15.7.